The van der Waals surface area contributed by atoms with Gasteiger partial charge in [-0.05, 0) is 74.1 Å². The number of anilines is 1. The summed E-state index contributed by atoms with van der Waals surface area (Å²) in [5, 5.41) is 10.0. The zero-order valence-corrected chi connectivity index (χ0v) is 25.4. The number of carbonyl (C=O) groups excluding carboxylic acids is 2. The van der Waals surface area contributed by atoms with Crippen LogP contribution in [0.1, 0.15) is 29.0 Å². The van der Waals surface area contributed by atoms with Crippen molar-refractivity contribution in [2.75, 3.05) is 52.3 Å². The zero-order chi connectivity index (χ0) is 30.0. The van der Waals surface area contributed by atoms with Gasteiger partial charge in [-0.3, -0.25) is 9.69 Å². The summed E-state index contributed by atoms with van der Waals surface area (Å²) in [6, 6.07) is 21.7. The molecule has 2 heterocycles. The standard InChI is InChI=1S/C32H33Cl2N5O3/c1-36(2)13-4-14-42-28-11-7-23(8-12-28)19-38-20-29(24-9-5-22(18-35)6-10-24)32(21-38)30(40)39(31(41)37(32)3)27-16-25(33)15-26(34)17-27/h5-12,15-17,29H,4,13-14,19-21H2,1-3H3. The summed E-state index contributed by atoms with van der Waals surface area (Å²) in [5.41, 5.74) is 1.67. The number of hydrogen-bond donors (Lipinski definition) is 0. The highest BCUT2D eigenvalue weighted by molar-refractivity contribution is 6.35. The summed E-state index contributed by atoms with van der Waals surface area (Å²) in [4.78, 5) is 35.1. The van der Waals surface area contributed by atoms with Crippen LogP contribution in [-0.2, 0) is 11.3 Å². The van der Waals surface area contributed by atoms with Crippen molar-refractivity contribution < 1.29 is 14.3 Å². The van der Waals surface area contributed by atoms with E-state index < -0.39 is 11.6 Å². The molecule has 218 valence electrons. The van der Waals surface area contributed by atoms with E-state index in [-0.39, 0.29) is 11.8 Å². The summed E-state index contributed by atoms with van der Waals surface area (Å²) >= 11 is 12.5. The van der Waals surface area contributed by atoms with Crippen LogP contribution in [0.4, 0.5) is 10.5 Å². The van der Waals surface area contributed by atoms with Crippen molar-refractivity contribution in [3.8, 4) is 11.8 Å². The number of rotatable bonds is 9. The molecule has 2 saturated heterocycles. The number of benzene rings is 3. The van der Waals surface area contributed by atoms with Gasteiger partial charge in [-0.15, -0.1) is 0 Å². The Morgan fingerprint density at radius 3 is 2.31 bits per heavy atom. The van der Waals surface area contributed by atoms with E-state index in [1.165, 1.54) is 4.90 Å². The molecule has 0 aromatic heterocycles. The van der Waals surface area contributed by atoms with Crippen LogP contribution >= 0.6 is 23.2 Å². The van der Waals surface area contributed by atoms with Crippen molar-refractivity contribution >= 4 is 40.8 Å². The van der Waals surface area contributed by atoms with Crippen LogP contribution in [0.25, 0.3) is 0 Å². The zero-order valence-electron chi connectivity index (χ0n) is 23.9. The summed E-state index contributed by atoms with van der Waals surface area (Å²) in [5.74, 6) is 0.162. The van der Waals surface area contributed by atoms with Crippen molar-refractivity contribution in [2.45, 2.75) is 24.4 Å². The first-order chi connectivity index (χ1) is 20.1. The van der Waals surface area contributed by atoms with E-state index in [0.717, 1.165) is 29.8 Å². The van der Waals surface area contributed by atoms with Gasteiger partial charge in [0.25, 0.3) is 5.91 Å². The van der Waals surface area contributed by atoms with Gasteiger partial charge in [0.15, 0.2) is 0 Å². The van der Waals surface area contributed by atoms with Gasteiger partial charge >= 0.3 is 6.03 Å². The Balaban J connectivity index is 1.42. The molecule has 1 spiro atoms. The van der Waals surface area contributed by atoms with Gasteiger partial charge < -0.3 is 14.5 Å². The number of urea groups is 1. The van der Waals surface area contributed by atoms with Gasteiger partial charge in [-0.2, -0.15) is 5.26 Å². The minimum absolute atomic E-state index is 0.327. The number of nitrogens with zero attached hydrogens (tertiary/aromatic N) is 5. The quantitative estimate of drug-likeness (QED) is 0.232. The van der Waals surface area contributed by atoms with Gasteiger partial charge in [0, 0.05) is 49.2 Å². The van der Waals surface area contributed by atoms with Crippen molar-refractivity contribution in [1.29, 1.82) is 5.26 Å². The molecular formula is C32H33Cl2N5O3. The molecule has 0 saturated carbocycles. The van der Waals surface area contributed by atoms with Crippen LogP contribution in [0.5, 0.6) is 5.75 Å². The predicted molar refractivity (Wildman–Crippen MR) is 164 cm³/mol. The lowest BCUT2D eigenvalue weighted by atomic mass is 9.80. The fourth-order valence-corrected chi connectivity index (χ4v) is 6.45. The highest BCUT2D eigenvalue weighted by atomic mass is 35.5. The van der Waals surface area contributed by atoms with Crippen molar-refractivity contribution in [2.24, 2.45) is 0 Å². The molecule has 2 fully saturated rings. The van der Waals surface area contributed by atoms with Crippen molar-refractivity contribution in [3.63, 3.8) is 0 Å². The minimum Gasteiger partial charge on any atom is -0.494 e. The van der Waals surface area contributed by atoms with Gasteiger partial charge in [-0.25, -0.2) is 9.69 Å². The highest BCUT2D eigenvalue weighted by Crippen LogP contribution is 2.47. The second-order valence-corrected chi connectivity index (χ2v) is 12.0. The Hall–Kier alpha value is -3.61. The Bertz CT molecular complexity index is 1490. The number of ether oxygens (including phenoxy) is 1. The van der Waals surface area contributed by atoms with Gasteiger partial charge in [0.05, 0.1) is 23.9 Å². The number of likely N-dealkylation sites (tertiary alicyclic amines) is 1. The Kier molecular flexibility index (Phi) is 8.76. The molecule has 0 N–H and O–H groups in total. The second-order valence-electron chi connectivity index (χ2n) is 11.1. The van der Waals surface area contributed by atoms with Crippen LogP contribution in [0.2, 0.25) is 10.0 Å². The van der Waals surface area contributed by atoms with E-state index in [9.17, 15) is 14.9 Å². The summed E-state index contributed by atoms with van der Waals surface area (Å²) in [6.45, 7) is 3.09. The molecule has 2 atom stereocenters. The van der Waals surface area contributed by atoms with Crippen LogP contribution in [0, 0.1) is 11.3 Å². The van der Waals surface area contributed by atoms with E-state index in [1.807, 2.05) is 50.5 Å². The van der Waals surface area contributed by atoms with E-state index in [0.29, 0.717) is 47.5 Å². The van der Waals surface area contributed by atoms with Crippen molar-refractivity contribution in [1.82, 2.24) is 14.7 Å². The van der Waals surface area contributed by atoms with E-state index in [1.54, 1.807) is 42.3 Å². The maximum atomic E-state index is 14.4. The number of likely N-dealkylation sites (N-methyl/N-ethyl adjacent to an activating group) is 1. The Morgan fingerprint density at radius 2 is 1.69 bits per heavy atom. The molecule has 3 amide bonds. The summed E-state index contributed by atoms with van der Waals surface area (Å²) in [6.07, 6.45) is 0.944. The van der Waals surface area contributed by atoms with Crippen LogP contribution < -0.4 is 9.64 Å². The second kappa shape index (κ2) is 12.3. The van der Waals surface area contributed by atoms with E-state index in [4.69, 9.17) is 27.9 Å². The highest BCUT2D eigenvalue weighted by Gasteiger charge is 2.64. The van der Waals surface area contributed by atoms with Crippen LogP contribution in [0.3, 0.4) is 0 Å². The number of nitriles is 1. The normalized spacial score (nSPS) is 20.6. The molecule has 10 heteroatoms. The molecule has 5 rings (SSSR count). The van der Waals surface area contributed by atoms with Crippen LogP contribution in [0.15, 0.2) is 66.7 Å². The average molecular weight is 607 g/mol. The molecular weight excluding hydrogens is 573 g/mol. The first-order valence-electron chi connectivity index (χ1n) is 13.8. The molecule has 3 aromatic carbocycles. The Labute approximate surface area is 256 Å². The third-order valence-corrected chi connectivity index (χ3v) is 8.46. The topological polar surface area (TPSA) is 80.1 Å². The predicted octanol–water partition coefficient (Wildman–Crippen LogP) is 5.63. The third-order valence-electron chi connectivity index (χ3n) is 8.03. The average Bonchev–Trinajstić information content (AvgIpc) is 3.43. The molecule has 0 radical (unpaired) electrons. The lowest BCUT2D eigenvalue weighted by Gasteiger charge is -2.34. The first kappa shape index (κ1) is 29.9. The molecule has 8 nitrogen and oxygen atoms in total. The van der Waals surface area contributed by atoms with Crippen LogP contribution in [-0.4, -0.2) is 79.6 Å². The molecule has 2 aliphatic heterocycles. The first-order valence-corrected chi connectivity index (χ1v) is 14.6. The Morgan fingerprint density at radius 1 is 1.02 bits per heavy atom. The maximum Gasteiger partial charge on any atom is 0.332 e. The van der Waals surface area contributed by atoms with E-state index >= 15 is 0 Å². The SMILES string of the molecule is CN(C)CCCOc1ccc(CN2CC(c3ccc(C#N)cc3)C3(C2)C(=O)N(c2cc(Cl)cc(Cl)c2)C(=O)N3C)cc1. The maximum absolute atomic E-state index is 14.4. The molecule has 42 heavy (non-hydrogen) atoms. The van der Waals surface area contributed by atoms with Gasteiger partial charge in [0.1, 0.15) is 11.3 Å². The van der Waals surface area contributed by atoms with Crippen molar-refractivity contribution in [3.05, 3.63) is 93.5 Å². The smallest absolute Gasteiger partial charge is 0.332 e. The number of hydrogen-bond acceptors (Lipinski definition) is 6. The minimum atomic E-state index is -1.16. The monoisotopic (exact) mass is 605 g/mol. The molecule has 0 aliphatic carbocycles. The number of amides is 3. The fourth-order valence-electron chi connectivity index (χ4n) is 5.93. The lowest BCUT2D eigenvalue weighted by Crippen LogP contribution is -2.53. The third kappa shape index (κ3) is 5.83. The van der Waals surface area contributed by atoms with Gasteiger partial charge in [-0.1, -0.05) is 47.5 Å². The number of carbonyl (C=O) groups is 2. The summed E-state index contributed by atoms with van der Waals surface area (Å²) in [7, 11) is 5.76. The molecule has 3 aromatic rings. The number of halogens is 2. The summed E-state index contributed by atoms with van der Waals surface area (Å²) < 4.78 is 5.89. The fraction of sp³-hybridized carbons (Fsp3) is 0.344. The largest absolute Gasteiger partial charge is 0.494 e. The van der Waals surface area contributed by atoms with E-state index in [2.05, 4.69) is 15.9 Å². The molecule has 2 aliphatic rings. The lowest BCUT2D eigenvalue weighted by molar-refractivity contribution is -0.124. The molecule has 2 unspecified atom stereocenters. The molecule has 0 bridgehead atoms. The number of imide groups is 1. The van der Waals surface area contributed by atoms with Gasteiger partial charge in [0.2, 0.25) is 0 Å².